The number of nitrogens with one attached hydrogen (secondary N) is 2. The first-order chi connectivity index (χ1) is 16.7. The van der Waals surface area contributed by atoms with Crippen LogP contribution >= 0.6 is 0 Å². The van der Waals surface area contributed by atoms with Gasteiger partial charge in [-0.1, -0.05) is 12.1 Å². The van der Waals surface area contributed by atoms with E-state index in [9.17, 15) is 14.4 Å². The van der Waals surface area contributed by atoms with Crippen molar-refractivity contribution in [1.29, 1.82) is 0 Å². The molecule has 35 heavy (non-hydrogen) atoms. The molecule has 0 atom stereocenters. The molecule has 0 radical (unpaired) electrons. The third-order valence-electron chi connectivity index (χ3n) is 6.29. The van der Waals surface area contributed by atoms with Gasteiger partial charge in [-0.15, -0.1) is 0 Å². The minimum Gasteiger partial charge on any atom is -0.491 e. The Morgan fingerprint density at radius 3 is 2.37 bits per heavy atom. The molecular weight excluding hydrogens is 446 g/mol. The molecule has 0 bridgehead atoms. The van der Waals surface area contributed by atoms with Crippen molar-refractivity contribution in [2.24, 2.45) is 5.92 Å². The molecule has 2 aromatic rings. The Morgan fingerprint density at radius 2 is 1.77 bits per heavy atom. The van der Waals surface area contributed by atoms with Gasteiger partial charge in [-0.3, -0.25) is 9.59 Å². The standard InChI is InChI=1S/C27H37N3O5/c1-6-34-27(33)24-18(4)25(29-19(24)5)26(32)30-13-11-20(12-14-30)15-23(31)28-16-21-7-9-22(10-8-21)35-17(2)3/h7-10,17,20,29H,6,11-16H2,1-5H3,(H,28,31). The minimum absolute atomic E-state index is 0.0206. The first-order valence-electron chi connectivity index (χ1n) is 12.4. The lowest BCUT2D eigenvalue weighted by Crippen LogP contribution is -2.40. The Bertz CT molecular complexity index is 1030. The van der Waals surface area contributed by atoms with Gasteiger partial charge in [0.1, 0.15) is 11.4 Å². The molecule has 2 N–H and O–H groups in total. The van der Waals surface area contributed by atoms with Crippen LogP contribution in [-0.4, -0.2) is 53.5 Å². The van der Waals surface area contributed by atoms with E-state index in [0.29, 0.717) is 48.6 Å². The molecule has 2 heterocycles. The minimum atomic E-state index is -0.414. The molecule has 0 spiro atoms. The molecule has 1 aliphatic heterocycles. The van der Waals surface area contributed by atoms with Crippen LogP contribution in [-0.2, 0) is 16.1 Å². The van der Waals surface area contributed by atoms with Crippen LogP contribution in [0.15, 0.2) is 24.3 Å². The van der Waals surface area contributed by atoms with Crippen LogP contribution in [0.25, 0.3) is 0 Å². The lowest BCUT2D eigenvalue weighted by Gasteiger charge is -2.31. The number of aromatic amines is 1. The number of carbonyl (C=O) groups excluding carboxylic acids is 3. The van der Waals surface area contributed by atoms with Gasteiger partial charge < -0.3 is 24.7 Å². The Balaban J connectivity index is 1.46. The predicted molar refractivity (Wildman–Crippen MR) is 134 cm³/mol. The van der Waals surface area contributed by atoms with Crippen molar-refractivity contribution in [2.75, 3.05) is 19.7 Å². The van der Waals surface area contributed by atoms with E-state index in [2.05, 4.69) is 10.3 Å². The Morgan fingerprint density at radius 1 is 1.11 bits per heavy atom. The largest absolute Gasteiger partial charge is 0.491 e. The molecule has 2 amide bonds. The van der Waals surface area contributed by atoms with Gasteiger partial charge in [-0.05, 0) is 76.6 Å². The van der Waals surface area contributed by atoms with Crippen molar-refractivity contribution in [3.63, 3.8) is 0 Å². The zero-order chi connectivity index (χ0) is 25.5. The Labute approximate surface area is 207 Å². The van der Waals surface area contributed by atoms with Crippen molar-refractivity contribution in [2.45, 2.75) is 66.5 Å². The van der Waals surface area contributed by atoms with Crippen molar-refractivity contribution in [1.82, 2.24) is 15.2 Å². The first-order valence-corrected chi connectivity index (χ1v) is 12.4. The maximum absolute atomic E-state index is 13.1. The number of esters is 1. The maximum atomic E-state index is 13.1. The summed E-state index contributed by atoms with van der Waals surface area (Å²) >= 11 is 0. The van der Waals surface area contributed by atoms with Gasteiger partial charge >= 0.3 is 5.97 Å². The fourth-order valence-electron chi connectivity index (χ4n) is 4.46. The van der Waals surface area contributed by atoms with E-state index < -0.39 is 5.97 Å². The summed E-state index contributed by atoms with van der Waals surface area (Å²) in [4.78, 5) is 42.7. The number of H-pyrrole nitrogens is 1. The van der Waals surface area contributed by atoms with Crippen molar-refractivity contribution < 1.29 is 23.9 Å². The third kappa shape index (κ3) is 6.87. The van der Waals surface area contributed by atoms with E-state index in [1.165, 1.54) is 0 Å². The lowest BCUT2D eigenvalue weighted by atomic mass is 9.93. The van der Waals surface area contributed by atoms with E-state index in [-0.39, 0.29) is 30.4 Å². The molecule has 1 saturated heterocycles. The van der Waals surface area contributed by atoms with Gasteiger partial charge in [0.25, 0.3) is 5.91 Å². The lowest BCUT2D eigenvalue weighted by molar-refractivity contribution is -0.122. The summed E-state index contributed by atoms with van der Waals surface area (Å²) in [5.74, 6) is 0.545. The summed E-state index contributed by atoms with van der Waals surface area (Å²) in [6, 6.07) is 7.74. The summed E-state index contributed by atoms with van der Waals surface area (Å²) in [6.07, 6.45) is 2.11. The van der Waals surface area contributed by atoms with Gasteiger partial charge in [0, 0.05) is 31.7 Å². The average molecular weight is 484 g/mol. The molecule has 3 rings (SSSR count). The average Bonchev–Trinajstić information content (AvgIpc) is 3.12. The number of aryl methyl sites for hydroxylation is 1. The molecule has 0 saturated carbocycles. The summed E-state index contributed by atoms with van der Waals surface area (Å²) in [5, 5.41) is 2.99. The number of hydrogen-bond acceptors (Lipinski definition) is 5. The molecule has 0 unspecified atom stereocenters. The molecule has 0 aliphatic carbocycles. The quantitative estimate of drug-likeness (QED) is 0.522. The number of hydrogen-bond donors (Lipinski definition) is 2. The highest BCUT2D eigenvalue weighted by molar-refractivity contribution is 6.00. The van der Waals surface area contributed by atoms with E-state index in [1.807, 2.05) is 38.1 Å². The second kappa shape index (κ2) is 11.9. The van der Waals surface area contributed by atoms with Gasteiger partial charge in [0.2, 0.25) is 5.91 Å². The second-order valence-corrected chi connectivity index (χ2v) is 9.37. The molecule has 1 aromatic heterocycles. The molecule has 8 heteroatoms. The normalized spacial score (nSPS) is 14.2. The van der Waals surface area contributed by atoms with Gasteiger partial charge in [-0.25, -0.2) is 4.79 Å². The fraction of sp³-hybridized carbons (Fsp3) is 0.519. The maximum Gasteiger partial charge on any atom is 0.340 e. The number of piperidine rings is 1. The summed E-state index contributed by atoms with van der Waals surface area (Å²) in [7, 11) is 0. The fourth-order valence-corrected chi connectivity index (χ4v) is 4.46. The van der Waals surface area contributed by atoms with E-state index in [0.717, 1.165) is 24.2 Å². The number of amides is 2. The smallest absolute Gasteiger partial charge is 0.340 e. The number of benzene rings is 1. The highest BCUT2D eigenvalue weighted by Gasteiger charge is 2.29. The highest BCUT2D eigenvalue weighted by Crippen LogP contribution is 2.25. The van der Waals surface area contributed by atoms with Crippen molar-refractivity contribution in [3.05, 3.63) is 52.3 Å². The van der Waals surface area contributed by atoms with E-state index in [4.69, 9.17) is 9.47 Å². The molecule has 190 valence electrons. The SMILES string of the molecule is CCOC(=O)c1c(C)[nH]c(C(=O)N2CCC(CC(=O)NCc3ccc(OC(C)C)cc3)CC2)c1C. The third-order valence-corrected chi connectivity index (χ3v) is 6.29. The van der Waals surface area contributed by atoms with Crippen LogP contribution in [0, 0.1) is 19.8 Å². The topological polar surface area (TPSA) is 101 Å². The van der Waals surface area contributed by atoms with E-state index in [1.54, 1.807) is 25.7 Å². The van der Waals surface area contributed by atoms with Gasteiger partial charge in [0.05, 0.1) is 18.3 Å². The molecule has 1 aliphatic rings. The summed E-state index contributed by atoms with van der Waals surface area (Å²) in [6.45, 7) is 11.2. The van der Waals surface area contributed by atoms with Crippen LogP contribution in [0.5, 0.6) is 5.75 Å². The number of rotatable bonds is 9. The monoisotopic (exact) mass is 483 g/mol. The Hall–Kier alpha value is -3.29. The number of ether oxygens (including phenoxy) is 2. The van der Waals surface area contributed by atoms with E-state index >= 15 is 0 Å². The summed E-state index contributed by atoms with van der Waals surface area (Å²) < 4.78 is 10.8. The van der Waals surface area contributed by atoms with Crippen LogP contribution in [0.3, 0.4) is 0 Å². The van der Waals surface area contributed by atoms with Gasteiger partial charge in [-0.2, -0.15) is 0 Å². The first kappa shape index (κ1) is 26.3. The highest BCUT2D eigenvalue weighted by atomic mass is 16.5. The van der Waals surface area contributed by atoms with Crippen LogP contribution in [0.4, 0.5) is 0 Å². The van der Waals surface area contributed by atoms with Crippen LogP contribution in [0.2, 0.25) is 0 Å². The summed E-state index contributed by atoms with van der Waals surface area (Å²) in [5.41, 5.74) is 3.15. The predicted octanol–water partition coefficient (Wildman–Crippen LogP) is 4.15. The van der Waals surface area contributed by atoms with Crippen LogP contribution in [0.1, 0.15) is 77.7 Å². The van der Waals surface area contributed by atoms with Crippen molar-refractivity contribution in [3.8, 4) is 5.75 Å². The number of aromatic nitrogens is 1. The zero-order valence-electron chi connectivity index (χ0n) is 21.4. The number of likely N-dealkylation sites (tertiary alicyclic amines) is 1. The molecule has 1 fully saturated rings. The van der Waals surface area contributed by atoms with Crippen LogP contribution < -0.4 is 10.1 Å². The number of carbonyl (C=O) groups is 3. The van der Waals surface area contributed by atoms with Crippen molar-refractivity contribution >= 4 is 17.8 Å². The van der Waals surface area contributed by atoms with Gasteiger partial charge in [0.15, 0.2) is 0 Å². The molecular formula is C27H37N3O5. The zero-order valence-corrected chi connectivity index (χ0v) is 21.4. The Kier molecular flexibility index (Phi) is 8.95. The number of nitrogens with zero attached hydrogens (tertiary/aromatic N) is 1. The molecule has 1 aromatic carbocycles. The second-order valence-electron chi connectivity index (χ2n) is 9.37. The molecule has 8 nitrogen and oxygen atoms in total.